The fourth-order valence-electron chi connectivity index (χ4n) is 1.49. The molecule has 0 saturated heterocycles. The SMILES string of the molecule is COCCCS(=O)C(C)C(=O)c1ccc(Cl)cc1. The Balaban J connectivity index is 2.60. The lowest BCUT2D eigenvalue weighted by Gasteiger charge is -2.10. The van der Waals surface area contributed by atoms with E-state index in [4.69, 9.17) is 16.3 Å². The first-order valence-electron chi connectivity index (χ1n) is 5.72. The summed E-state index contributed by atoms with van der Waals surface area (Å²) < 4.78 is 16.8. The molecule has 18 heavy (non-hydrogen) atoms. The molecule has 100 valence electrons. The Morgan fingerprint density at radius 1 is 1.39 bits per heavy atom. The van der Waals surface area contributed by atoms with E-state index in [9.17, 15) is 9.00 Å². The fraction of sp³-hybridized carbons (Fsp3) is 0.462. The van der Waals surface area contributed by atoms with E-state index in [0.29, 0.717) is 29.4 Å². The number of carbonyl (C=O) groups excluding carboxylic acids is 1. The first kappa shape index (κ1) is 15.3. The van der Waals surface area contributed by atoms with Crippen LogP contribution in [0.25, 0.3) is 0 Å². The monoisotopic (exact) mass is 288 g/mol. The molecule has 0 amide bonds. The third-order valence-corrected chi connectivity index (χ3v) is 4.53. The molecule has 3 nitrogen and oxygen atoms in total. The van der Waals surface area contributed by atoms with Crippen LogP contribution in [0.3, 0.4) is 0 Å². The van der Waals surface area contributed by atoms with Crippen molar-refractivity contribution in [2.75, 3.05) is 19.5 Å². The molecule has 0 radical (unpaired) electrons. The number of rotatable bonds is 7. The lowest BCUT2D eigenvalue weighted by molar-refractivity contribution is 0.0992. The van der Waals surface area contributed by atoms with E-state index >= 15 is 0 Å². The van der Waals surface area contributed by atoms with Gasteiger partial charge in [0, 0.05) is 40.9 Å². The molecule has 0 aliphatic heterocycles. The molecule has 1 aromatic carbocycles. The van der Waals surface area contributed by atoms with Crippen LogP contribution < -0.4 is 0 Å². The van der Waals surface area contributed by atoms with Crippen LogP contribution in [-0.4, -0.2) is 34.7 Å². The zero-order valence-electron chi connectivity index (χ0n) is 10.5. The minimum atomic E-state index is -1.16. The second-order valence-electron chi connectivity index (χ2n) is 3.94. The molecule has 1 aromatic rings. The first-order valence-corrected chi connectivity index (χ1v) is 7.48. The Kier molecular flexibility index (Phi) is 6.54. The minimum Gasteiger partial charge on any atom is -0.385 e. The van der Waals surface area contributed by atoms with Crippen molar-refractivity contribution in [1.82, 2.24) is 0 Å². The van der Waals surface area contributed by atoms with E-state index in [-0.39, 0.29) is 5.78 Å². The number of halogens is 1. The van der Waals surface area contributed by atoms with Crippen LogP contribution in [0.1, 0.15) is 23.7 Å². The molecule has 2 unspecified atom stereocenters. The van der Waals surface area contributed by atoms with E-state index in [0.717, 1.165) is 0 Å². The molecule has 1 rings (SSSR count). The Morgan fingerprint density at radius 3 is 2.56 bits per heavy atom. The van der Waals surface area contributed by atoms with Gasteiger partial charge in [0.25, 0.3) is 0 Å². The van der Waals surface area contributed by atoms with Gasteiger partial charge in [0.2, 0.25) is 0 Å². The molecular formula is C13H17ClO3S. The van der Waals surface area contributed by atoms with Crippen molar-refractivity contribution in [2.24, 2.45) is 0 Å². The Labute approximate surface area is 115 Å². The molecular weight excluding hydrogens is 272 g/mol. The van der Waals surface area contributed by atoms with Crippen LogP contribution in [0.4, 0.5) is 0 Å². The van der Waals surface area contributed by atoms with Crippen LogP contribution in [0.2, 0.25) is 5.02 Å². The van der Waals surface area contributed by atoms with E-state index in [1.165, 1.54) is 0 Å². The van der Waals surface area contributed by atoms with Gasteiger partial charge in [-0.05, 0) is 37.6 Å². The highest BCUT2D eigenvalue weighted by Gasteiger charge is 2.20. The van der Waals surface area contributed by atoms with Gasteiger partial charge in [-0.25, -0.2) is 0 Å². The van der Waals surface area contributed by atoms with Gasteiger partial charge in [-0.2, -0.15) is 0 Å². The van der Waals surface area contributed by atoms with Gasteiger partial charge in [-0.15, -0.1) is 0 Å². The second kappa shape index (κ2) is 7.67. The van der Waals surface area contributed by atoms with Crippen molar-refractivity contribution in [3.05, 3.63) is 34.9 Å². The zero-order valence-corrected chi connectivity index (χ0v) is 12.1. The Hall–Kier alpha value is -0.710. The summed E-state index contributed by atoms with van der Waals surface area (Å²) in [5.74, 6) is 0.372. The van der Waals surface area contributed by atoms with Crippen molar-refractivity contribution in [3.8, 4) is 0 Å². The van der Waals surface area contributed by atoms with Crippen LogP contribution in [0.15, 0.2) is 24.3 Å². The Morgan fingerprint density at radius 2 is 2.00 bits per heavy atom. The van der Waals surface area contributed by atoms with E-state index < -0.39 is 16.0 Å². The number of benzene rings is 1. The van der Waals surface area contributed by atoms with Gasteiger partial charge in [-0.1, -0.05) is 11.6 Å². The average molecular weight is 289 g/mol. The summed E-state index contributed by atoms with van der Waals surface area (Å²) in [5.41, 5.74) is 0.548. The summed E-state index contributed by atoms with van der Waals surface area (Å²) in [6.45, 7) is 2.26. The third-order valence-electron chi connectivity index (χ3n) is 2.59. The van der Waals surface area contributed by atoms with Crippen LogP contribution in [0.5, 0.6) is 0 Å². The molecule has 0 bridgehead atoms. The topological polar surface area (TPSA) is 43.4 Å². The lowest BCUT2D eigenvalue weighted by atomic mass is 10.1. The van der Waals surface area contributed by atoms with Crippen LogP contribution >= 0.6 is 11.6 Å². The largest absolute Gasteiger partial charge is 0.385 e. The number of carbonyl (C=O) groups is 1. The van der Waals surface area contributed by atoms with Crippen molar-refractivity contribution in [2.45, 2.75) is 18.6 Å². The number of ether oxygens (including phenoxy) is 1. The van der Waals surface area contributed by atoms with Gasteiger partial charge in [0.1, 0.15) is 0 Å². The van der Waals surface area contributed by atoms with Gasteiger partial charge in [0.15, 0.2) is 5.78 Å². The number of methoxy groups -OCH3 is 1. The van der Waals surface area contributed by atoms with Crippen molar-refractivity contribution in [1.29, 1.82) is 0 Å². The third kappa shape index (κ3) is 4.52. The summed E-state index contributed by atoms with van der Waals surface area (Å²) in [4.78, 5) is 12.1. The Bertz CT molecular complexity index is 417. The van der Waals surface area contributed by atoms with Crippen LogP contribution in [0, 0.1) is 0 Å². The number of hydrogen-bond donors (Lipinski definition) is 0. The number of Topliss-reactive ketones (excluding diaryl/α,β-unsaturated/α-hetero) is 1. The van der Waals surface area contributed by atoms with E-state index in [1.54, 1.807) is 38.3 Å². The maximum absolute atomic E-state index is 12.1. The average Bonchev–Trinajstić information content (AvgIpc) is 2.38. The quantitative estimate of drug-likeness (QED) is 0.572. The molecule has 5 heteroatoms. The van der Waals surface area contributed by atoms with Crippen molar-refractivity contribution >= 4 is 28.2 Å². The zero-order chi connectivity index (χ0) is 13.5. The molecule has 0 aliphatic carbocycles. The molecule has 0 aliphatic rings. The molecule has 2 atom stereocenters. The second-order valence-corrected chi connectivity index (χ2v) is 6.26. The first-order chi connectivity index (χ1) is 8.56. The van der Waals surface area contributed by atoms with E-state index in [1.807, 2.05) is 0 Å². The minimum absolute atomic E-state index is 0.109. The highest BCUT2D eigenvalue weighted by molar-refractivity contribution is 7.86. The van der Waals surface area contributed by atoms with Gasteiger partial charge in [-0.3, -0.25) is 9.00 Å². The summed E-state index contributed by atoms with van der Waals surface area (Å²) in [5, 5.41) is 0.0865. The summed E-state index contributed by atoms with van der Waals surface area (Å²) in [6.07, 6.45) is 0.696. The predicted octanol–water partition coefficient (Wildman–Crippen LogP) is 2.70. The highest BCUT2D eigenvalue weighted by Crippen LogP contribution is 2.13. The standard InChI is InChI=1S/C13H17ClO3S/c1-10(18(16)9-3-8-17-2)13(15)11-4-6-12(14)7-5-11/h4-7,10H,3,8-9H2,1-2H3. The molecule has 0 saturated carbocycles. The van der Waals surface area contributed by atoms with Gasteiger partial charge in [0.05, 0.1) is 5.25 Å². The molecule has 0 spiro atoms. The maximum atomic E-state index is 12.1. The smallest absolute Gasteiger partial charge is 0.178 e. The predicted molar refractivity (Wildman–Crippen MR) is 74.7 cm³/mol. The van der Waals surface area contributed by atoms with E-state index in [2.05, 4.69) is 0 Å². The summed E-state index contributed by atoms with van der Waals surface area (Å²) in [7, 11) is 0.438. The van der Waals surface area contributed by atoms with Gasteiger partial charge < -0.3 is 4.74 Å². The summed E-state index contributed by atoms with van der Waals surface area (Å²) >= 11 is 5.76. The van der Waals surface area contributed by atoms with Crippen LogP contribution in [-0.2, 0) is 15.5 Å². The molecule has 0 N–H and O–H groups in total. The summed E-state index contributed by atoms with van der Waals surface area (Å²) in [6, 6.07) is 6.64. The van der Waals surface area contributed by atoms with Crippen molar-refractivity contribution < 1.29 is 13.7 Å². The molecule has 0 aromatic heterocycles. The fourth-order valence-corrected chi connectivity index (χ4v) is 2.75. The highest BCUT2D eigenvalue weighted by atomic mass is 35.5. The maximum Gasteiger partial charge on any atom is 0.178 e. The number of ketones is 1. The number of hydrogen-bond acceptors (Lipinski definition) is 3. The van der Waals surface area contributed by atoms with Gasteiger partial charge >= 0.3 is 0 Å². The molecule has 0 heterocycles. The van der Waals surface area contributed by atoms with Crippen molar-refractivity contribution in [3.63, 3.8) is 0 Å². The normalized spacial score (nSPS) is 14.2. The molecule has 0 fully saturated rings. The lowest BCUT2D eigenvalue weighted by Crippen LogP contribution is -2.24.